The number of amides is 1. The van der Waals surface area contributed by atoms with Crippen LogP contribution in [0.2, 0.25) is 0 Å². The number of aromatic nitrogens is 2. The Morgan fingerprint density at radius 1 is 1.11 bits per heavy atom. The minimum atomic E-state index is -0.476. The van der Waals surface area contributed by atoms with E-state index in [1.54, 1.807) is 37.6 Å². The molecule has 0 radical (unpaired) electrons. The highest BCUT2D eigenvalue weighted by atomic mass is 32.2. The third-order valence-corrected chi connectivity index (χ3v) is 6.10. The maximum atomic E-state index is 13.3. The monoisotopic (exact) mass is 516 g/mol. The number of nitrogens with zero attached hydrogens (tertiary/aromatic N) is 3. The van der Waals surface area contributed by atoms with Crippen LogP contribution in [0.4, 0.5) is 27.1 Å². The Bertz CT molecular complexity index is 1600. The lowest BCUT2D eigenvalue weighted by Gasteiger charge is -2.13. The predicted molar refractivity (Wildman–Crippen MR) is 149 cm³/mol. The molecule has 0 saturated carbocycles. The number of anilines is 3. The fraction of sp³-hybridized carbons (Fsp3) is 0.111. The van der Waals surface area contributed by atoms with Crippen LogP contribution >= 0.6 is 11.8 Å². The first-order chi connectivity index (χ1) is 17.7. The first kappa shape index (κ1) is 25.6. The Kier molecular flexibility index (Phi) is 7.69. The Morgan fingerprint density at radius 3 is 2.57 bits per heavy atom. The molecular weight excluding hydrogens is 491 g/mol. The van der Waals surface area contributed by atoms with E-state index >= 15 is 0 Å². The van der Waals surface area contributed by atoms with Gasteiger partial charge in [0.25, 0.3) is 11.5 Å². The van der Waals surface area contributed by atoms with Crippen LogP contribution in [0.1, 0.15) is 5.56 Å². The zero-order valence-corrected chi connectivity index (χ0v) is 21.3. The molecule has 4 rings (SSSR count). The molecule has 1 amide bonds. The summed E-state index contributed by atoms with van der Waals surface area (Å²) >= 11 is 1.28. The summed E-state index contributed by atoms with van der Waals surface area (Å²) in [6.45, 7) is 1.93. The first-order valence-corrected chi connectivity index (χ1v) is 12.5. The zero-order chi connectivity index (χ0) is 26.5. The van der Waals surface area contributed by atoms with Crippen molar-refractivity contribution in [2.24, 2.45) is 17.8 Å². The van der Waals surface area contributed by atoms with Gasteiger partial charge in [-0.05, 0) is 79.4 Å². The van der Waals surface area contributed by atoms with Crippen molar-refractivity contribution in [2.45, 2.75) is 6.92 Å². The number of carbonyl (C=O) groups is 1. The number of hydrogen-bond donors (Lipinski definition) is 3. The van der Waals surface area contributed by atoms with Crippen LogP contribution in [-0.4, -0.2) is 27.4 Å². The summed E-state index contributed by atoms with van der Waals surface area (Å²) in [6.07, 6.45) is 4.75. The molecule has 1 aromatic heterocycles. The molecule has 1 heterocycles. The van der Waals surface area contributed by atoms with Gasteiger partial charge < -0.3 is 20.9 Å². The molecule has 0 unspecified atom stereocenters. The van der Waals surface area contributed by atoms with Gasteiger partial charge in [0.2, 0.25) is 0 Å². The van der Waals surface area contributed by atoms with Gasteiger partial charge in [-0.25, -0.2) is 14.4 Å². The van der Waals surface area contributed by atoms with Gasteiger partial charge in [-0.15, -0.1) is 11.8 Å². The number of aliphatic imine (C=N–C) groups is 1. The Labute approximate surface area is 217 Å². The summed E-state index contributed by atoms with van der Waals surface area (Å²) in [6, 6.07) is 16.3. The molecule has 0 bridgehead atoms. The Morgan fingerprint density at radius 2 is 1.84 bits per heavy atom. The second-order valence-electron chi connectivity index (χ2n) is 8.23. The molecule has 0 aliphatic heterocycles. The van der Waals surface area contributed by atoms with Crippen molar-refractivity contribution in [2.75, 3.05) is 16.9 Å². The van der Waals surface area contributed by atoms with E-state index in [9.17, 15) is 14.0 Å². The summed E-state index contributed by atoms with van der Waals surface area (Å²) in [5.74, 6) is -0.872. The summed E-state index contributed by atoms with van der Waals surface area (Å²) < 4.78 is 14.7. The summed E-state index contributed by atoms with van der Waals surface area (Å²) in [5.41, 5.74) is 9.81. The highest BCUT2D eigenvalue weighted by Gasteiger charge is 2.13. The van der Waals surface area contributed by atoms with Crippen LogP contribution in [0.15, 0.2) is 87.9 Å². The number of carbonyl (C=O) groups excluding carboxylic acids is 1. The highest BCUT2D eigenvalue weighted by Crippen LogP contribution is 2.26. The quantitative estimate of drug-likeness (QED) is 0.298. The van der Waals surface area contributed by atoms with Gasteiger partial charge >= 0.3 is 0 Å². The maximum absolute atomic E-state index is 13.3. The van der Waals surface area contributed by atoms with E-state index in [4.69, 9.17) is 5.73 Å². The van der Waals surface area contributed by atoms with Crippen LogP contribution in [0.3, 0.4) is 0 Å². The van der Waals surface area contributed by atoms with E-state index in [2.05, 4.69) is 20.6 Å². The molecular formula is C27H25FN6O2S. The Balaban J connectivity index is 1.61. The lowest BCUT2D eigenvalue weighted by molar-refractivity contribution is -0.110. The van der Waals surface area contributed by atoms with E-state index in [1.807, 2.05) is 19.1 Å². The predicted octanol–water partition coefficient (Wildman–Crippen LogP) is 5.00. The maximum Gasteiger partial charge on any atom is 0.274 e. The van der Waals surface area contributed by atoms with E-state index in [1.165, 1.54) is 53.0 Å². The SMILES string of the molecule is CSC(N)=CC(=Nc1ccc(F)cc1)C(=O)Nc1ccc(C)c(Nc2ccc3ncn(C)c(=O)c3c2)c1. The van der Waals surface area contributed by atoms with Gasteiger partial charge in [0, 0.05) is 24.1 Å². The number of benzene rings is 3. The highest BCUT2D eigenvalue weighted by molar-refractivity contribution is 8.02. The molecule has 4 N–H and O–H groups in total. The van der Waals surface area contributed by atoms with E-state index < -0.39 is 11.7 Å². The lowest BCUT2D eigenvalue weighted by atomic mass is 10.1. The van der Waals surface area contributed by atoms with Gasteiger partial charge in [-0.1, -0.05) is 6.07 Å². The third kappa shape index (κ3) is 6.22. The molecule has 37 heavy (non-hydrogen) atoms. The number of thioether (sulfide) groups is 1. The molecule has 188 valence electrons. The first-order valence-electron chi connectivity index (χ1n) is 11.2. The normalized spacial score (nSPS) is 12.0. The van der Waals surface area contributed by atoms with Crippen LogP contribution in [-0.2, 0) is 11.8 Å². The number of nitrogens with one attached hydrogen (secondary N) is 2. The molecule has 0 spiro atoms. The number of hydrogen-bond acceptors (Lipinski definition) is 7. The fourth-order valence-electron chi connectivity index (χ4n) is 3.47. The molecule has 0 saturated heterocycles. The summed E-state index contributed by atoms with van der Waals surface area (Å²) in [4.78, 5) is 34.2. The molecule has 3 aromatic carbocycles. The molecule has 0 aliphatic rings. The molecule has 10 heteroatoms. The largest absolute Gasteiger partial charge is 0.393 e. The van der Waals surface area contributed by atoms with Gasteiger partial charge in [0.05, 0.1) is 27.9 Å². The van der Waals surface area contributed by atoms with Crippen LogP contribution in [0, 0.1) is 12.7 Å². The van der Waals surface area contributed by atoms with Crippen LogP contribution in [0.5, 0.6) is 0 Å². The minimum absolute atomic E-state index is 0.0754. The summed E-state index contributed by atoms with van der Waals surface area (Å²) in [5, 5.41) is 7.06. The zero-order valence-electron chi connectivity index (χ0n) is 20.4. The van der Waals surface area contributed by atoms with Crippen molar-refractivity contribution < 1.29 is 9.18 Å². The van der Waals surface area contributed by atoms with Gasteiger partial charge in [0.15, 0.2) is 0 Å². The molecule has 0 aliphatic carbocycles. The van der Waals surface area contributed by atoms with Gasteiger partial charge in [-0.2, -0.15) is 0 Å². The number of fused-ring (bicyclic) bond motifs is 1. The number of halogens is 1. The number of rotatable bonds is 7. The van der Waals surface area contributed by atoms with Crippen molar-refractivity contribution in [1.29, 1.82) is 0 Å². The number of nitrogens with two attached hydrogens (primary N) is 1. The molecule has 0 atom stereocenters. The van der Waals surface area contributed by atoms with Gasteiger partial charge in [0.1, 0.15) is 11.5 Å². The van der Waals surface area contributed by atoms with Crippen molar-refractivity contribution in [3.63, 3.8) is 0 Å². The van der Waals surface area contributed by atoms with Crippen molar-refractivity contribution in [1.82, 2.24) is 9.55 Å². The Hall–Kier alpha value is -4.44. The smallest absolute Gasteiger partial charge is 0.274 e. The topological polar surface area (TPSA) is 114 Å². The number of aryl methyl sites for hydroxylation is 2. The second-order valence-corrected chi connectivity index (χ2v) is 9.11. The van der Waals surface area contributed by atoms with E-state index in [0.717, 1.165) is 11.3 Å². The van der Waals surface area contributed by atoms with Crippen LogP contribution in [0.25, 0.3) is 10.9 Å². The average Bonchev–Trinajstić information content (AvgIpc) is 2.89. The van der Waals surface area contributed by atoms with Crippen molar-refractivity contribution in [3.05, 3.63) is 99.8 Å². The van der Waals surface area contributed by atoms with Crippen molar-refractivity contribution in [3.8, 4) is 0 Å². The lowest BCUT2D eigenvalue weighted by Crippen LogP contribution is -2.22. The summed E-state index contributed by atoms with van der Waals surface area (Å²) in [7, 11) is 1.65. The average molecular weight is 517 g/mol. The van der Waals surface area contributed by atoms with E-state index in [0.29, 0.717) is 33.0 Å². The third-order valence-electron chi connectivity index (χ3n) is 5.52. The van der Waals surface area contributed by atoms with Crippen LogP contribution < -0.4 is 21.9 Å². The standard InChI is InChI=1S/C27H25FN6O2S/c1-16-4-7-20(13-23(16)32-19-10-11-22-21(12-19)27(36)34(2)15-30-22)33-26(35)24(14-25(29)37-3)31-18-8-5-17(28)6-9-18/h4-15,32H,29H2,1-3H3,(H,33,35). The molecule has 8 nitrogen and oxygen atoms in total. The second kappa shape index (κ2) is 11.1. The van der Waals surface area contributed by atoms with E-state index in [-0.39, 0.29) is 11.3 Å². The van der Waals surface area contributed by atoms with Gasteiger partial charge in [-0.3, -0.25) is 9.59 Å². The fourth-order valence-corrected chi connectivity index (χ4v) is 3.70. The molecule has 4 aromatic rings. The minimum Gasteiger partial charge on any atom is -0.393 e. The molecule has 0 fully saturated rings. The van der Waals surface area contributed by atoms with Crippen molar-refractivity contribution >= 4 is 57.0 Å².